The molecule has 0 aliphatic rings. The maximum Gasteiger partial charge on any atom is 0.220 e. The van der Waals surface area contributed by atoms with Gasteiger partial charge in [-0.15, -0.1) is 11.3 Å². The number of hydrogen-bond donors (Lipinski definition) is 2. The summed E-state index contributed by atoms with van der Waals surface area (Å²) < 4.78 is 0. The lowest BCUT2D eigenvalue weighted by molar-refractivity contribution is -0.122. The smallest absolute Gasteiger partial charge is 0.220 e. The van der Waals surface area contributed by atoms with Crippen molar-refractivity contribution in [3.8, 4) is 0 Å². The Kier molecular flexibility index (Phi) is 4.62. The van der Waals surface area contributed by atoms with E-state index in [1.54, 1.807) is 11.3 Å². The van der Waals surface area contributed by atoms with Crippen LogP contribution in [0.25, 0.3) is 0 Å². The highest BCUT2D eigenvalue weighted by atomic mass is 32.1. The first-order valence-corrected chi connectivity index (χ1v) is 5.55. The summed E-state index contributed by atoms with van der Waals surface area (Å²) >= 11 is 1.63. The topological polar surface area (TPSA) is 49.3 Å². The number of hydrogen-bond acceptors (Lipinski definition) is 3. The third-order valence-corrected chi connectivity index (χ3v) is 2.96. The molecule has 0 spiro atoms. The van der Waals surface area contributed by atoms with Crippen molar-refractivity contribution >= 4 is 17.2 Å². The summed E-state index contributed by atoms with van der Waals surface area (Å²) in [7, 11) is 0. The largest absolute Gasteiger partial charge is 0.396 e. The zero-order valence-corrected chi connectivity index (χ0v) is 9.01. The quantitative estimate of drug-likeness (QED) is 0.782. The monoisotopic (exact) mass is 213 g/mol. The second kappa shape index (κ2) is 5.78. The molecular weight excluding hydrogens is 198 g/mol. The Balaban J connectivity index is 2.33. The Morgan fingerprint density at radius 1 is 1.71 bits per heavy atom. The molecule has 1 unspecified atom stereocenters. The first kappa shape index (κ1) is 11.2. The average molecular weight is 213 g/mol. The van der Waals surface area contributed by atoms with Gasteiger partial charge in [0.2, 0.25) is 5.91 Å². The number of amides is 1. The molecule has 1 aromatic rings. The predicted octanol–water partition coefficient (Wildman–Crippen LogP) is 1.70. The lowest BCUT2D eigenvalue weighted by atomic mass is 10.2. The van der Waals surface area contributed by atoms with Gasteiger partial charge in [0.05, 0.1) is 6.04 Å². The zero-order chi connectivity index (χ0) is 10.4. The van der Waals surface area contributed by atoms with Crippen LogP contribution in [0.4, 0.5) is 0 Å². The molecule has 1 rings (SSSR count). The van der Waals surface area contributed by atoms with Crippen molar-refractivity contribution < 1.29 is 9.90 Å². The van der Waals surface area contributed by atoms with Crippen LogP contribution in [0.1, 0.15) is 30.7 Å². The van der Waals surface area contributed by atoms with Crippen LogP contribution >= 0.6 is 11.3 Å². The zero-order valence-electron chi connectivity index (χ0n) is 8.19. The van der Waals surface area contributed by atoms with Crippen LogP contribution in [0.5, 0.6) is 0 Å². The van der Waals surface area contributed by atoms with Gasteiger partial charge in [-0.3, -0.25) is 4.79 Å². The van der Waals surface area contributed by atoms with E-state index in [-0.39, 0.29) is 18.6 Å². The van der Waals surface area contributed by atoms with Crippen molar-refractivity contribution in [3.63, 3.8) is 0 Å². The highest BCUT2D eigenvalue weighted by Gasteiger charge is 2.09. The number of nitrogens with one attached hydrogen (secondary N) is 1. The van der Waals surface area contributed by atoms with Gasteiger partial charge in [-0.05, 0) is 24.8 Å². The predicted molar refractivity (Wildman–Crippen MR) is 57.2 cm³/mol. The maximum atomic E-state index is 11.3. The van der Waals surface area contributed by atoms with Crippen LogP contribution in [0, 0.1) is 0 Å². The van der Waals surface area contributed by atoms with Crippen LogP contribution < -0.4 is 5.32 Å². The van der Waals surface area contributed by atoms with Gasteiger partial charge in [0.25, 0.3) is 0 Å². The summed E-state index contributed by atoms with van der Waals surface area (Å²) in [5.74, 6) is -0.0000463. The minimum absolute atomic E-state index is 0.0000463. The van der Waals surface area contributed by atoms with Gasteiger partial charge in [0.1, 0.15) is 0 Å². The fraction of sp³-hybridized carbons (Fsp3) is 0.500. The summed E-state index contributed by atoms with van der Waals surface area (Å²) in [6.07, 6.45) is 0.926. The minimum atomic E-state index is -0.0000463. The van der Waals surface area contributed by atoms with E-state index in [9.17, 15) is 4.79 Å². The molecule has 0 radical (unpaired) electrons. The van der Waals surface area contributed by atoms with E-state index >= 15 is 0 Å². The number of rotatable bonds is 5. The first-order chi connectivity index (χ1) is 6.74. The van der Waals surface area contributed by atoms with Gasteiger partial charge in [-0.25, -0.2) is 0 Å². The number of aliphatic hydroxyl groups is 1. The van der Waals surface area contributed by atoms with Crippen molar-refractivity contribution in [2.24, 2.45) is 0 Å². The molecular formula is C10H15NO2S. The Hall–Kier alpha value is -0.870. The molecule has 4 heteroatoms. The minimum Gasteiger partial charge on any atom is -0.396 e. The third-order valence-electron chi connectivity index (χ3n) is 1.91. The van der Waals surface area contributed by atoms with E-state index in [4.69, 9.17) is 5.11 Å². The first-order valence-electron chi connectivity index (χ1n) is 4.67. The Morgan fingerprint density at radius 2 is 2.50 bits per heavy atom. The molecule has 2 N–H and O–H groups in total. The molecule has 78 valence electrons. The van der Waals surface area contributed by atoms with Crippen LogP contribution in [-0.4, -0.2) is 17.6 Å². The van der Waals surface area contributed by atoms with Crippen molar-refractivity contribution in [1.29, 1.82) is 0 Å². The Morgan fingerprint density at radius 3 is 3.07 bits per heavy atom. The Bertz CT molecular complexity index is 272. The summed E-state index contributed by atoms with van der Waals surface area (Å²) in [5.41, 5.74) is 0. The lowest BCUT2D eigenvalue weighted by Gasteiger charge is -2.11. The molecule has 3 nitrogen and oxygen atoms in total. The summed E-state index contributed by atoms with van der Waals surface area (Å²) in [5, 5.41) is 13.4. The van der Waals surface area contributed by atoms with Gasteiger partial charge >= 0.3 is 0 Å². The molecule has 14 heavy (non-hydrogen) atoms. The standard InChI is InChI=1S/C10H15NO2S/c1-8(9-4-3-7-14-9)11-10(13)5-2-6-12/h3-4,7-8,12H,2,5-6H2,1H3,(H,11,13). The van der Waals surface area contributed by atoms with E-state index in [1.807, 2.05) is 24.4 Å². The normalized spacial score (nSPS) is 12.4. The molecule has 0 aromatic carbocycles. The number of carbonyl (C=O) groups excluding carboxylic acids is 1. The molecule has 0 fully saturated rings. The summed E-state index contributed by atoms with van der Waals surface area (Å²) in [4.78, 5) is 12.4. The van der Waals surface area contributed by atoms with Gasteiger partial charge in [-0.1, -0.05) is 6.07 Å². The second-order valence-electron chi connectivity index (χ2n) is 3.13. The lowest BCUT2D eigenvalue weighted by Crippen LogP contribution is -2.25. The highest BCUT2D eigenvalue weighted by Crippen LogP contribution is 2.17. The van der Waals surface area contributed by atoms with Crippen LogP contribution in [0.15, 0.2) is 17.5 Å². The van der Waals surface area contributed by atoms with Gasteiger partial charge in [-0.2, -0.15) is 0 Å². The summed E-state index contributed by atoms with van der Waals surface area (Å²) in [6, 6.07) is 4.04. The van der Waals surface area contributed by atoms with E-state index in [0.29, 0.717) is 12.8 Å². The van der Waals surface area contributed by atoms with Gasteiger partial charge in [0.15, 0.2) is 0 Å². The highest BCUT2D eigenvalue weighted by molar-refractivity contribution is 7.10. The fourth-order valence-corrected chi connectivity index (χ4v) is 1.90. The molecule has 1 amide bonds. The number of thiophene rings is 1. The molecule has 0 aliphatic carbocycles. The molecule has 1 heterocycles. The van der Waals surface area contributed by atoms with E-state index in [2.05, 4.69) is 5.32 Å². The van der Waals surface area contributed by atoms with Crippen molar-refractivity contribution in [2.75, 3.05) is 6.61 Å². The molecule has 0 saturated heterocycles. The van der Waals surface area contributed by atoms with E-state index in [1.165, 1.54) is 0 Å². The molecule has 1 aromatic heterocycles. The van der Waals surface area contributed by atoms with E-state index in [0.717, 1.165) is 4.88 Å². The molecule has 1 atom stereocenters. The third kappa shape index (κ3) is 3.47. The number of aliphatic hydroxyl groups excluding tert-OH is 1. The van der Waals surface area contributed by atoms with Crippen molar-refractivity contribution in [1.82, 2.24) is 5.32 Å². The van der Waals surface area contributed by atoms with Crippen LogP contribution in [0.3, 0.4) is 0 Å². The SMILES string of the molecule is CC(NC(=O)CCCO)c1cccs1. The van der Waals surface area contributed by atoms with Crippen LogP contribution in [-0.2, 0) is 4.79 Å². The van der Waals surface area contributed by atoms with Gasteiger partial charge in [0, 0.05) is 17.9 Å². The summed E-state index contributed by atoms with van der Waals surface area (Å²) in [6.45, 7) is 2.03. The van der Waals surface area contributed by atoms with Gasteiger partial charge < -0.3 is 10.4 Å². The number of carbonyl (C=O) groups is 1. The molecule has 0 saturated carbocycles. The van der Waals surface area contributed by atoms with Crippen LogP contribution in [0.2, 0.25) is 0 Å². The Labute approximate surface area is 87.8 Å². The fourth-order valence-electron chi connectivity index (χ4n) is 1.16. The maximum absolute atomic E-state index is 11.3. The molecule has 0 bridgehead atoms. The second-order valence-corrected chi connectivity index (χ2v) is 4.11. The van der Waals surface area contributed by atoms with Crippen molar-refractivity contribution in [2.45, 2.75) is 25.8 Å². The average Bonchev–Trinajstić information content (AvgIpc) is 2.67. The molecule has 0 aliphatic heterocycles. The van der Waals surface area contributed by atoms with Crippen molar-refractivity contribution in [3.05, 3.63) is 22.4 Å². The van der Waals surface area contributed by atoms with E-state index < -0.39 is 0 Å².